The molecule has 82 valence electrons. The first-order valence-corrected chi connectivity index (χ1v) is 4.71. The van der Waals surface area contributed by atoms with E-state index in [-0.39, 0.29) is 17.5 Å². The third kappa shape index (κ3) is 4.46. The van der Waals surface area contributed by atoms with Gasteiger partial charge in [0.1, 0.15) is 11.6 Å². The zero-order chi connectivity index (χ0) is 11.3. The first kappa shape index (κ1) is 11.5. The van der Waals surface area contributed by atoms with Gasteiger partial charge in [-0.2, -0.15) is 0 Å². The number of anilines is 2. The van der Waals surface area contributed by atoms with Crippen LogP contribution in [-0.2, 0) is 4.79 Å². The smallest absolute Gasteiger partial charge is 0.303 e. The van der Waals surface area contributed by atoms with E-state index < -0.39 is 5.97 Å². The van der Waals surface area contributed by atoms with Crippen molar-refractivity contribution >= 4 is 29.2 Å². The molecule has 0 aliphatic carbocycles. The maximum atomic E-state index is 10.2. The Morgan fingerprint density at radius 2 is 2.33 bits per heavy atom. The molecule has 0 radical (unpaired) electrons. The van der Waals surface area contributed by atoms with Crippen molar-refractivity contribution < 1.29 is 9.90 Å². The van der Waals surface area contributed by atoms with Crippen LogP contribution < -0.4 is 11.1 Å². The molecule has 1 heterocycles. The van der Waals surface area contributed by atoms with Crippen LogP contribution >= 0.6 is 11.6 Å². The number of nitrogens with one attached hydrogen (secondary N) is 1. The highest BCUT2D eigenvalue weighted by molar-refractivity contribution is 6.28. The number of aliphatic carboxylic acids is 1. The van der Waals surface area contributed by atoms with Crippen molar-refractivity contribution in [3.8, 4) is 0 Å². The van der Waals surface area contributed by atoms with Crippen LogP contribution in [0.5, 0.6) is 0 Å². The Labute approximate surface area is 91.5 Å². The molecule has 1 rings (SSSR count). The van der Waals surface area contributed by atoms with Gasteiger partial charge in [-0.1, -0.05) is 0 Å². The highest BCUT2D eigenvalue weighted by Crippen LogP contribution is 2.11. The SMILES string of the molecule is Nc1cc(NCCCC(=O)O)nc(Cl)n1. The zero-order valence-electron chi connectivity index (χ0n) is 7.90. The summed E-state index contributed by atoms with van der Waals surface area (Å²) in [4.78, 5) is 17.8. The topological polar surface area (TPSA) is 101 Å². The number of hydrogen-bond donors (Lipinski definition) is 3. The van der Waals surface area contributed by atoms with Crippen molar-refractivity contribution in [2.45, 2.75) is 12.8 Å². The van der Waals surface area contributed by atoms with E-state index in [0.29, 0.717) is 18.8 Å². The molecule has 0 aliphatic heterocycles. The number of carboxylic acid groups (broad SMARTS) is 1. The number of hydrogen-bond acceptors (Lipinski definition) is 5. The van der Waals surface area contributed by atoms with Crippen LogP contribution in [0.2, 0.25) is 5.28 Å². The Balaban J connectivity index is 2.40. The van der Waals surface area contributed by atoms with Gasteiger partial charge < -0.3 is 16.2 Å². The molecule has 0 fully saturated rings. The summed E-state index contributed by atoms with van der Waals surface area (Å²) in [5.74, 6) is -0.0503. The lowest BCUT2D eigenvalue weighted by atomic mass is 10.3. The summed E-state index contributed by atoms with van der Waals surface area (Å²) in [6, 6.07) is 1.53. The zero-order valence-corrected chi connectivity index (χ0v) is 8.66. The highest BCUT2D eigenvalue weighted by Gasteiger charge is 2.00. The van der Waals surface area contributed by atoms with Crippen molar-refractivity contribution in [3.05, 3.63) is 11.3 Å². The van der Waals surface area contributed by atoms with Gasteiger partial charge in [-0.05, 0) is 18.0 Å². The lowest BCUT2D eigenvalue weighted by molar-refractivity contribution is -0.137. The lowest BCUT2D eigenvalue weighted by Crippen LogP contribution is -2.07. The molecule has 0 saturated heterocycles. The maximum absolute atomic E-state index is 10.2. The van der Waals surface area contributed by atoms with Gasteiger partial charge in [-0.15, -0.1) is 0 Å². The molecule has 4 N–H and O–H groups in total. The third-order valence-electron chi connectivity index (χ3n) is 1.59. The predicted molar refractivity (Wildman–Crippen MR) is 56.8 cm³/mol. The van der Waals surface area contributed by atoms with Gasteiger partial charge in [0.15, 0.2) is 0 Å². The van der Waals surface area contributed by atoms with E-state index in [1.165, 1.54) is 6.07 Å². The van der Waals surface area contributed by atoms with Gasteiger partial charge in [0, 0.05) is 19.0 Å². The second-order valence-electron chi connectivity index (χ2n) is 2.87. The Hall–Kier alpha value is -1.56. The summed E-state index contributed by atoms with van der Waals surface area (Å²) < 4.78 is 0. The average molecular weight is 231 g/mol. The standard InChI is InChI=1S/C8H11ClN4O2/c9-8-12-5(10)4-6(13-8)11-3-1-2-7(14)15/h4H,1-3H2,(H,14,15)(H3,10,11,12,13). The monoisotopic (exact) mass is 230 g/mol. The first-order valence-electron chi connectivity index (χ1n) is 4.33. The molecule has 0 unspecified atom stereocenters. The van der Waals surface area contributed by atoms with Gasteiger partial charge >= 0.3 is 5.97 Å². The highest BCUT2D eigenvalue weighted by atomic mass is 35.5. The number of carboxylic acids is 1. The summed E-state index contributed by atoms with van der Waals surface area (Å²) in [5.41, 5.74) is 5.44. The summed E-state index contributed by atoms with van der Waals surface area (Å²) in [6.45, 7) is 0.499. The second-order valence-corrected chi connectivity index (χ2v) is 3.21. The van der Waals surface area contributed by atoms with E-state index in [9.17, 15) is 4.79 Å². The van der Waals surface area contributed by atoms with Crippen molar-refractivity contribution in [2.75, 3.05) is 17.6 Å². The molecule has 6 nitrogen and oxygen atoms in total. The molecule has 0 amide bonds. The van der Waals surface area contributed by atoms with Crippen LogP contribution in [0.25, 0.3) is 0 Å². The van der Waals surface area contributed by atoms with Gasteiger partial charge in [-0.25, -0.2) is 9.97 Å². The van der Waals surface area contributed by atoms with Crippen molar-refractivity contribution in [1.82, 2.24) is 9.97 Å². The molecule has 0 aromatic carbocycles. The number of carbonyl (C=O) groups is 1. The normalized spacial score (nSPS) is 9.93. The molecule has 1 aromatic rings. The number of aromatic nitrogens is 2. The number of nitrogens with zero attached hydrogens (tertiary/aromatic N) is 2. The molecular weight excluding hydrogens is 220 g/mol. The Morgan fingerprint density at radius 1 is 1.60 bits per heavy atom. The van der Waals surface area contributed by atoms with E-state index in [1.807, 2.05) is 0 Å². The van der Waals surface area contributed by atoms with Crippen molar-refractivity contribution in [1.29, 1.82) is 0 Å². The summed E-state index contributed by atoms with van der Waals surface area (Å²) in [6.07, 6.45) is 0.623. The molecule has 0 bridgehead atoms. The van der Waals surface area contributed by atoms with E-state index in [2.05, 4.69) is 15.3 Å². The molecule has 1 aromatic heterocycles. The molecule has 15 heavy (non-hydrogen) atoms. The lowest BCUT2D eigenvalue weighted by Gasteiger charge is -2.04. The van der Waals surface area contributed by atoms with Gasteiger partial charge in [-0.3, -0.25) is 4.79 Å². The minimum Gasteiger partial charge on any atom is -0.481 e. The van der Waals surface area contributed by atoms with E-state index >= 15 is 0 Å². The number of rotatable bonds is 5. The van der Waals surface area contributed by atoms with E-state index in [1.54, 1.807) is 0 Å². The Kier molecular flexibility index (Phi) is 4.11. The van der Waals surface area contributed by atoms with Crippen LogP contribution in [0.15, 0.2) is 6.07 Å². The largest absolute Gasteiger partial charge is 0.481 e. The van der Waals surface area contributed by atoms with Gasteiger partial charge in [0.05, 0.1) is 0 Å². The van der Waals surface area contributed by atoms with Gasteiger partial charge in [0.25, 0.3) is 0 Å². The second kappa shape index (κ2) is 5.35. The summed E-state index contributed by atoms with van der Waals surface area (Å²) in [7, 11) is 0. The minimum absolute atomic E-state index is 0.0655. The predicted octanol–water partition coefficient (Wildman–Crippen LogP) is 0.989. The maximum Gasteiger partial charge on any atom is 0.303 e. The molecule has 0 atom stereocenters. The minimum atomic E-state index is -0.822. The number of nitrogen functional groups attached to an aromatic ring is 1. The van der Waals surface area contributed by atoms with Crippen LogP contribution in [0.4, 0.5) is 11.6 Å². The Morgan fingerprint density at radius 3 is 2.93 bits per heavy atom. The summed E-state index contributed by atoms with van der Waals surface area (Å²) >= 11 is 5.58. The number of nitrogens with two attached hydrogens (primary N) is 1. The fraction of sp³-hybridized carbons (Fsp3) is 0.375. The van der Waals surface area contributed by atoms with Crippen LogP contribution in [0, 0.1) is 0 Å². The van der Waals surface area contributed by atoms with Crippen molar-refractivity contribution in [3.63, 3.8) is 0 Å². The molecule has 0 aliphatic rings. The van der Waals surface area contributed by atoms with Crippen LogP contribution in [0.3, 0.4) is 0 Å². The quantitative estimate of drug-likeness (QED) is 0.515. The fourth-order valence-corrected chi connectivity index (χ4v) is 1.17. The van der Waals surface area contributed by atoms with Crippen LogP contribution in [-0.4, -0.2) is 27.6 Å². The van der Waals surface area contributed by atoms with E-state index in [0.717, 1.165) is 0 Å². The third-order valence-corrected chi connectivity index (χ3v) is 1.76. The van der Waals surface area contributed by atoms with E-state index in [4.69, 9.17) is 22.4 Å². The first-order chi connectivity index (χ1) is 7.08. The summed E-state index contributed by atoms with van der Waals surface area (Å²) in [5, 5.41) is 11.4. The number of halogens is 1. The molecule has 0 spiro atoms. The molecular formula is C8H11ClN4O2. The van der Waals surface area contributed by atoms with Crippen molar-refractivity contribution in [2.24, 2.45) is 0 Å². The molecule has 0 saturated carbocycles. The average Bonchev–Trinajstić information content (AvgIpc) is 2.10. The van der Waals surface area contributed by atoms with Crippen LogP contribution in [0.1, 0.15) is 12.8 Å². The molecule has 7 heteroatoms. The fourth-order valence-electron chi connectivity index (χ4n) is 0.982. The Bertz CT molecular complexity index is 338. The van der Waals surface area contributed by atoms with Gasteiger partial charge in [0.2, 0.25) is 5.28 Å².